The van der Waals surface area contributed by atoms with E-state index in [9.17, 15) is 4.79 Å². The number of benzene rings is 1. The van der Waals surface area contributed by atoms with E-state index in [0.717, 1.165) is 19.3 Å². The monoisotopic (exact) mass is 426 g/mol. The van der Waals surface area contributed by atoms with Gasteiger partial charge in [-0.05, 0) is 0 Å². The fourth-order valence-electron chi connectivity index (χ4n) is 1.59. The normalized spacial score (nSPS) is 9.13. The Hall–Kier alpha value is -0.188. The van der Waals surface area contributed by atoms with Crippen LogP contribution in [0.2, 0.25) is 0 Å². The first-order chi connectivity index (χ1) is 6.88. The van der Waals surface area contributed by atoms with E-state index in [1.807, 2.05) is 24.5 Å². The third-order valence-corrected chi connectivity index (χ3v) is 2.26. The van der Waals surface area contributed by atoms with E-state index in [0.29, 0.717) is 6.42 Å². The van der Waals surface area contributed by atoms with E-state index in [1.54, 1.807) is 0 Å². The average Bonchev–Trinajstić information content (AvgIpc) is 2.25. The van der Waals surface area contributed by atoms with Crippen molar-refractivity contribution >= 4 is 6.29 Å². The summed E-state index contributed by atoms with van der Waals surface area (Å²) in [6.45, 7) is 2.16. The van der Waals surface area contributed by atoms with Crippen molar-refractivity contribution in [1.82, 2.24) is 0 Å². The Bertz CT molecular complexity index is 258. The Kier molecular flexibility index (Phi) is 8.95. The smallest absolute Gasteiger partial charge is 0.542 e. The van der Waals surface area contributed by atoms with E-state index >= 15 is 0 Å². The molecule has 2 heteroatoms. The van der Waals surface area contributed by atoms with Gasteiger partial charge in [-0.25, -0.2) is 0 Å². The Balaban J connectivity index is 0.00000196. The summed E-state index contributed by atoms with van der Waals surface area (Å²) in [5, 5.41) is 0. The van der Waals surface area contributed by atoms with Crippen LogP contribution < -0.4 is 0 Å². The van der Waals surface area contributed by atoms with Crippen LogP contribution in [-0.2, 0) is 4.79 Å². The number of hydrogen-bond acceptors (Lipinski definition) is 1. The third kappa shape index (κ3) is 5.45. The predicted octanol–water partition coefficient (Wildman–Crippen LogP) is 3.30. The van der Waals surface area contributed by atoms with Crippen LogP contribution in [0.5, 0.6) is 0 Å². The molecular weight excluding hydrogens is 410 g/mol. The predicted molar refractivity (Wildman–Crippen MR) is 58.6 cm³/mol. The first-order valence-electron chi connectivity index (χ1n) is 5.13. The molecule has 1 rings (SSSR count). The minimum atomic E-state index is 0. The molecule has 0 N–H and O–H groups in total. The van der Waals surface area contributed by atoms with Gasteiger partial charge in [0.15, 0.2) is 0 Å². The van der Waals surface area contributed by atoms with E-state index in [4.69, 9.17) is 0 Å². The number of hydrogen-bond donors (Lipinski definition) is 0. The van der Waals surface area contributed by atoms with Gasteiger partial charge in [-0.15, -0.1) is 18.6 Å². The van der Waals surface area contributed by atoms with Gasteiger partial charge >= 0.3 is 31.1 Å². The van der Waals surface area contributed by atoms with Gasteiger partial charge in [-0.1, -0.05) is 25.8 Å². The topological polar surface area (TPSA) is 17.1 Å². The van der Waals surface area contributed by atoms with Crippen molar-refractivity contribution in [3.8, 4) is 0 Å². The van der Waals surface area contributed by atoms with Crippen molar-refractivity contribution in [2.75, 3.05) is 0 Å². The minimum absolute atomic E-state index is 0. The molecule has 0 heterocycles. The van der Waals surface area contributed by atoms with Crippen LogP contribution >= 0.6 is 0 Å². The summed E-state index contributed by atoms with van der Waals surface area (Å²) >= 11 is 0. The number of carbonyl (C=O) groups excluding carboxylic acids is 1. The Morgan fingerprint density at radius 1 is 1.20 bits per heavy atom. The van der Waals surface area contributed by atoms with Crippen LogP contribution in [0.25, 0.3) is 0 Å². The molecule has 0 spiro atoms. The zero-order valence-corrected chi connectivity index (χ0v) is 13.3. The molecule has 0 saturated carbocycles. The maximum absolute atomic E-state index is 10.2. The van der Waals surface area contributed by atoms with Gasteiger partial charge in [0.05, 0.1) is 0 Å². The van der Waals surface area contributed by atoms with E-state index in [1.165, 1.54) is 11.5 Å². The van der Waals surface area contributed by atoms with Gasteiger partial charge in [0.2, 0.25) is 0 Å². The van der Waals surface area contributed by atoms with Crippen molar-refractivity contribution in [2.24, 2.45) is 0 Å². The molecule has 15 heavy (non-hydrogen) atoms. The van der Waals surface area contributed by atoms with Gasteiger partial charge in [0.25, 0.3) is 0 Å². The molecule has 0 aromatic heterocycles. The van der Waals surface area contributed by atoms with Crippen molar-refractivity contribution in [3.05, 3.63) is 41.8 Å². The van der Waals surface area contributed by atoms with Crippen LogP contribution in [-0.4, -0.2) is 6.29 Å². The first-order valence-corrected chi connectivity index (χ1v) is 5.13. The third-order valence-electron chi connectivity index (χ3n) is 2.26. The fourth-order valence-corrected chi connectivity index (χ4v) is 1.59. The summed E-state index contributed by atoms with van der Waals surface area (Å²) in [6.07, 6.45) is 5.53. The summed E-state index contributed by atoms with van der Waals surface area (Å²) in [5.41, 5.74) is 1.27. The second-order valence-electron chi connectivity index (χ2n) is 3.36. The molecule has 0 aliphatic heterocycles. The molecule has 0 fully saturated rings. The van der Waals surface area contributed by atoms with Crippen LogP contribution in [0.3, 0.4) is 0 Å². The standard InChI is InChI=1S/C13H16O.U/c1-2-7-12(10-6-11-14)13-8-4-3-5-9-13;/h3-5,8-9H,2,6-7,10H2,1H3;/q-2;+2. The summed E-state index contributed by atoms with van der Waals surface area (Å²) in [4.78, 5) is 10.2. The average molecular weight is 426 g/mol. The Labute approximate surface area is 116 Å². The fraction of sp³-hybridized carbons (Fsp3) is 0.385. The summed E-state index contributed by atoms with van der Waals surface area (Å²) in [7, 11) is 0. The second kappa shape index (κ2) is 9.07. The second-order valence-corrected chi connectivity index (χ2v) is 3.36. The molecule has 0 bridgehead atoms. The van der Waals surface area contributed by atoms with E-state index in [-0.39, 0.29) is 31.1 Å². The molecule has 0 aliphatic rings. The van der Waals surface area contributed by atoms with Gasteiger partial charge in [0, 0.05) is 0 Å². The molecule has 1 aromatic rings. The molecule has 0 atom stereocenters. The van der Waals surface area contributed by atoms with Crippen LogP contribution in [0.4, 0.5) is 0 Å². The molecule has 0 unspecified atom stereocenters. The van der Waals surface area contributed by atoms with Crippen molar-refractivity contribution in [1.29, 1.82) is 0 Å². The van der Waals surface area contributed by atoms with Crippen molar-refractivity contribution in [2.45, 2.75) is 32.6 Å². The van der Waals surface area contributed by atoms with E-state index in [2.05, 4.69) is 19.1 Å². The SMILES string of the molecule is CCC[C-](CC[C-]=O)c1ccccc1.[U+2]. The van der Waals surface area contributed by atoms with Crippen molar-refractivity contribution < 1.29 is 35.9 Å². The maximum Gasteiger partial charge on any atom is 2.00 e. The summed E-state index contributed by atoms with van der Waals surface area (Å²) in [5.74, 6) is 1.37. The zero-order chi connectivity index (χ0) is 10.2. The quantitative estimate of drug-likeness (QED) is 0.639. The minimum Gasteiger partial charge on any atom is -0.542 e. The molecule has 0 saturated heterocycles. The van der Waals surface area contributed by atoms with Crippen LogP contribution in [0.1, 0.15) is 38.2 Å². The number of rotatable bonds is 6. The summed E-state index contributed by atoms with van der Waals surface area (Å²) < 4.78 is 0. The maximum atomic E-state index is 10.2. The first kappa shape index (κ1) is 14.8. The van der Waals surface area contributed by atoms with Crippen molar-refractivity contribution in [3.63, 3.8) is 0 Å². The Morgan fingerprint density at radius 2 is 1.87 bits per heavy atom. The summed E-state index contributed by atoms with van der Waals surface area (Å²) in [6, 6.07) is 10.3. The van der Waals surface area contributed by atoms with Gasteiger partial charge in [-0.3, -0.25) is 6.29 Å². The van der Waals surface area contributed by atoms with Gasteiger partial charge < -0.3 is 4.79 Å². The van der Waals surface area contributed by atoms with Gasteiger partial charge in [0.1, 0.15) is 0 Å². The molecule has 0 amide bonds. The largest absolute Gasteiger partial charge is 2.00 e. The molecule has 1 aromatic carbocycles. The Morgan fingerprint density at radius 3 is 2.40 bits per heavy atom. The van der Waals surface area contributed by atoms with Crippen LogP contribution in [0, 0.1) is 37.0 Å². The van der Waals surface area contributed by atoms with Crippen LogP contribution in [0.15, 0.2) is 30.3 Å². The molecule has 0 radical (unpaired) electrons. The zero-order valence-electron chi connectivity index (χ0n) is 9.12. The van der Waals surface area contributed by atoms with Gasteiger partial charge in [-0.2, -0.15) is 30.0 Å². The van der Waals surface area contributed by atoms with E-state index < -0.39 is 0 Å². The molecule has 0 aliphatic carbocycles. The molecule has 78 valence electrons. The molecule has 1 nitrogen and oxygen atoms in total. The molecular formula is C13H16OU.